The van der Waals surface area contributed by atoms with Crippen molar-refractivity contribution in [3.63, 3.8) is 0 Å². The van der Waals surface area contributed by atoms with Crippen LogP contribution in [0.3, 0.4) is 0 Å². The molecule has 3 aliphatic rings. The highest BCUT2D eigenvalue weighted by molar-refractivity contribution is 5.96. The van der Waals surface area contributed by atoms with Crippen LogP contribution in [0.5, 0.6) is 0 Å². The Morgan fingerprint density at radius 1 is 1.06 bits per heavy atom. The van der Waals surface area contributed by atoms with Crippen molar-refractivity contribution in [2.75, 3.05) is 44.7 Å². The third-order valence-corrected chi connectivity index (χ3v) is 6.21. The Kier molecular flexibility index (Phi) is 11.5. The zero-order chi connectivity index (χ0) is 25.8. The summed E-state index contributed by atoms with van der Waals surface area (Å²) >= 11 is 0. The van der Waals surface area contributed by atoms with Crippen LogP contribution in [0.4, 0.5) is 5.69 Å². The number of nitrogens with zero attached hydrogens (tertiary/aromatic N) is 3. The molecule has 190 valence electrons. The van der Waals surface area contributed by atoms with Crippen LogP contribution in [-0.4, -0.2) is 67.5 Å². The van der Waals surface area contributed by atoms with E-state index >= 15 is 0 Å². The number of ether oxygens (including phenoxy) is 1. The van der Waals surface area contributed by atoms with Crippen molar-refractivity contribution < 1.29 is 14.3 Å². The molecule has 2 aliphatic heterocycles. The molecule has 2 fully saturated rings. The average Bonchev–Trinajstić information content (AvgIpc) is 3.60. The molecule has 0 saturated carbocycles. The zero-order valence-corrected chi connectivity index (χ0v) is 22.0. The lowest BCUT2D eigenvalue weighted by atomic mass is 10.1. The zero-order valence-electron chi connectivity index (χ0n) is 22.0. The minimum absolute atomic E-state index is 0.113. The van der Waals surface area contributed by atoms with Gasteiger partial charge in [0.2, 0.25) is 5.91 Å². The van der Waals surface area contributed by atoms with Gasteiger partial charge in [-0.3, -0.25) is 14.5 Å². The van der Waals surface area contributed by atoms with Gasteiger partial charge in [-0.25, -0.2) is 0 Å². The van der Waals surface area contributed by atoms with E-state index in [0.29, 0.717) is 31.8 Å². The molecule has 0 radical (unpaired) electrons. The predicted molar refractivity (Wildman–Crippen MR) is 145 cm³/mol. The van der Waals surface area contributed by atoms with Crippen LogP contribution < -0.4 is 4.90 Å². The van der Waals surface area contributed by atoms with E-state index in [1.54, 1.807) is 17.1 Å². The topological polar surface area (TPSA) is 53.1 Å². The van der Waals surface area contributed by atoms with Crippen LogP contribution in [0.2, 0.25) is 0 Å². The first kappa shape index (κ1) is 28.1. The van der Waals surface area contributed by atoms with Crippen molar-refractivity contribution in [2.24, 2.45) is 0 Å². The molecule has 0 unspecified atom stereocenters. The number of carbonyl (C=O) groups is 2. The molecule has 0 aromatic heterocycles. The Morgan fingerprint density at radius 3 is 2.26 bits per heavy atom. The van der Waals surface area contributed by atoms with Gasteiger partial charge in [-0.2, -0.15) is 0 Å². The highest BCUT2D eigenvalue weighted by atomic mass is 16.5. The van der Waals surface area contributed by atoms with Gasteiger partial charge in [0, 0.05) is 50.9 Å². The smallest absolute Gasteiger partial charge is 0.288 e. The Labute approximate surface area is 211 Å². The van der Waals surface area contributed by atoms with Crippen molar-refractivity contribution in [2.45, 2.75) is 46.6 Å². The first-order valence-electron chi connectivity index (χ1n) is 12.8. The molecule has 4 rings (SSSR count). The summed E-state index contributed by atoms with van der Waals surface area (Å²) in [6.07, 6.45) is 11.1. The number of methoxy groups -OCH3 is 1. The lowest BCUT2D eigenvalue weighted by Gasteiger charge is -2.37. The molecule has 1 atom stereocenters. The number of hydrogen-bond donors (Lipinski definition) is 0. The fourth-order valence-corrected chi connectivity index (χ4v) is 4.47. The molecule has 35 heavy (non-hydrogen) atoms. The van der Waals surface area contributed by atoms with Gasteiger partial charge in [-0.05, 0) is 35.8 Å². The second kappa shape index (κ2) is 14.3. The number of rotatable bonds is 6. The van der Waals surface area contributed by atoms with Crippen molar-refractivity contribution in [1.29, 1.82) is 0 Å². The normalized spacial score (nSPS) is 19.9. The molecule has 0 spiro atoms. The number of allylic oxidation sites excluding steroid dienone is 6. The summed E-state index contributed by atoms with van der Waals surface area (Å²) < 4.78 is 5.18. The van der Waals surface area contributed by atoms with E-state index in [1.807, 2.05) is 44.7 Å². The number of carbonyl (C=O) groups excluding carboxylic acids is 2. The van der Waals surface area contributed by atoms with Crippen LogP contribution in [0.15, 0.2) is 67.0 Å². The molecule has 2 amide bonds. The largest absolute Gasteiger partial charge is 0.491 e. The van der Waals surface area contributed by atoms with Crippen LogP contribution >= 0.6 is 0 Å². The molecule has 0 N–H and O–H groups in total. The fourth-order valence-electron chi connectivity index (χ4n) is 4.47. The summed E-state index contributed by atoms with van der Waals surface area (Å²) in [4.78, 5) is 31.3. The maximum Gasteiger partial charge on any atom is 0.288 e. The summed E-state index contributed by atoms with van der Waals surface area (Å²) in [5.41, 5.74) is 3.37. The minimum Gasteiger partial charge on any atom is -0.491 e. The number of hydrogen-bond acceptors (Lipinski definition) is 4. The molecule has 6 nitrogen and oxygen atoms in total. The summed E-state index contributed by atoms with van der Waals surface area (Å²) in [6, 6.07) is 8.43. The van der Waals surface area contributed by atoms with Crippen molar-refractivity contribution in [3.8, 4) is 0 Å². The third kappa shape index (κ3) is 6.95. The van der Waals surface area contributed by atoms with Crippen molar-refractivity contribution >= 4 is 23.1 Å². The van der Waals surface area contributed by atoms with Crippen LogP contribution in [0.25, 0.3) is 5.57 Å². The molecule has 2 heterocycles. The van der Waals surface area contributed by atoms with E-state index in [1.165, 1.54) is 18.2 Å². The van der Waals surface area contributed by atoms with Crippen LogP contribution in [0.1, 0.15) is 46.1 Å². The van der Waals surface area contributed by atoms with Gasteiger partial charge in [0.15, 0.2) is 5.76 Å². The summed E-state index contributed by atoms with van der Waals surface area (Å²) in [5.74, 6) is 0.350. The first-order valence-corrected chi connectivity index (χ1v) is 12.8. The van der Waals surface area contributed by atoms with E-state index in [-0.39, 0.29) is 17.9 Å². The van der Waals surface area contributed by atoms with E-state index in [2.05, 4.69) is 41.8 Å². The predicted octanol–water partition coefficient (Wildman–Crippen LogP) is 5.05. The lowest BCUT2D eigenvalue weighted by Crippen LogP contribution is -2.52. The standard InChI is InChI=1S/C25H29N3O3.2C2H6/c1-3-6-23(31-2)25(30)27-15-13-26(14-16-27)22-17-24(29)28(18-22)21-11-9-20(10-12-21)19-7-4-5-8-19;2*1-2/h3-4,6-12,22H,1,5,13-18H2,2H3;2*1-2H3/b23-6-;;/t22-;;/m1../s1. The maximum absolute atomic E-state index is 12.7. The number of amides is 2. The highest BCUT2D eigenvalue weighted by Crippen LogP contribution is 2.28. The fraction of sp³-hybridized carbons (Fsp3) is 0.448. The molecule has 1 aromatic rings. The lowest BCUT2D eigenvalue weighted by molar-refractivity contribution is -0.132. The third-order valence-electron chi connectivity index (χ3n) is 6.21. The van der Waals surface area contributed by atoms with Gasteiger partial charge >= 0.3 is 0 Å². The van der Waals surface area contributed by atoms with E-state index in [9.17, 15) is 9.59 Å². The molecule has 2 saturated heterocycles. The van der Waals surface area contributed by atoms with Crippen LogP contribution in [0, 0.1) is 0 Å². The SMILES string of the molecule is C=C/C=C(\OC)C(=O)N1CCN([C@@H]2CC(=O)N(c3ccc(C4=CCC=C4)cc3)C2)CC1.CC.CC. The Morgan fingerprint density at radius 2 is 1.71 bits per heavy atom. The molecule has 0 bridgehead atoms. The highest BCUT2D eigenvalue weighted by Gasteiger charge is 2.36. The van der Waals surface area contributed by atoms with Crippen LogP contribution in [-0.2, 0) is 14.3 Å². The number of piperazine rings is 1. The average molecular weight is 480 g/mol. The Balaban J connectivity index is 0.00000103. The molecule has 1 aliphatic carbocycles. The minimum atomic E-state index is -0.113. The van der Waals surface area contributed by atoms with Gasteiger partial charge in [0.1, 0.15) is 0 Å². The van der Waals surface area contributed by atoms with Gasteiger partial charge in [0.05, 0.1) is 7.11 Å². The number of benzene rings is 1. The quantitative estimate of drug-likeness (QED) is 0.326. The summed E-state index contributed by atoms with van der Waals surface area (Å²) in [5, 5.41) is 0. The van der Waals surface area contributed by atoms with Crippen molar-refractivity contribution in [1.82, 2.24) is 9.80 Å². The summed E-state index contributed by atoms with van der Waals surface area (Å²) in [6.45, 7) is 15.1. The Hall–Kier alpha value is -3.12. The molecular formula is C29H41N3O3. The number of anilines is 1. The second-order valence-corrected chi connectivity index (χ2v) is 8.01. The van der Waals surface area contributed by atoms with Crippen molar-refractivity contribution in [3.05, 3.63) is 72.5 Å². The van der Waals surface area contributed by atoms with Gasteiger partial charge in [-0.1, -0.05) is 70.7 Å². The van der Waals surface area contributed by atoms with Gasteiger partial charge in [-0.15, -0.1) is 0 Å². The van der Waals surface area contributed by atoms with E-state index in [0.717, 1.165) is 25.2 Å². The molecular weight excluding hydrogens is 438 g/mol. The first-order chi connectivity index (χ1) is 17.1. The monoisotopic (exact) mass is 479 g/mol. The van der Waals surface area contributed by atoms with Gasteiger partial charge < -0.3 is 14.5 Å². The Bertz CT molecular complexity index is 938. The van der Waals surface area contributed by atoms with E-state index in [4.69, 9.17) is 4.74 Å². The molecule has 6 heteroatoms. The van der Waals surface area contributed by atoms with Gasteiger partial charge in [0.25, 0.3) is 5.91 Å². The second-order valence-electron chi connectivity index (χ2n) is 8.01. The molecule has 1 aromatic carbocycles. The maximum atomic E-state index is 12.7. The summed E-state index contributed by atoms with van der Waals surface area (Å²) in [7, 11) is 1.50. The van der Waals surface area contributed by atoms with E-state index < -0.39 is 0 Å².